The summed E-state index contributed by atoms with van der Waals surface area (Å²) in [6.45, 7) is 0.738. The molecule has 1 saturated carbocycles. The highest BCUT2D eigenvalue weighted by Gasteiger charge is 2.26. The average molecular weight is 279 g/mol. The molecule has 3 heteroatoms. The Balaban J connectivity index is 2.03. The van der Waals surface area contributed by atoms with E-state index in [0.717, 1.165) is 11.9 Å². The minimum Gasteiger partial charge on any atom is -0.383 e. The third-order valence-electron chi connectivity index (χ3n) is 3.96. The van der Waals surface area contributed by atoms with Crippen LogP contribution >= 0.6 is 11.8 Å². The molecular weight excluding hydrogens is 254 g/mol. The molecule has 0 aromatic heterocycles. The van der Waals surface area contributed by atoms with Crippen molar-refractivity contribution in [3.05, 3.63) is 35.9 Å². The van der Waals surface area contributed by atoms with Crippen LogP contribution in [0, 0.1) is 0 Å². The Kier molecular flexibility index (Phi) is 6.21. The van der Waals surface area contributed by atoms with Crippen LogP contribution in [-0.2, 0) is 4.74 Å². The number of nitrogens with one attached hydrogen (secondary N) is 1. The van der Waals surface area contributed by atoms with E-state index in [2.05, 4.69) is 41.9 Å². The summed E-state index contributed by atoms with van der Waals surface area (Å²) in [5.41, 5.74) is 1.33. The van der Waals surface area contributed by atoms with Gasteiger partial charge >= 0.3 is 0 Å². The molecule has 2 rings (SSSR count). The molecule has 3 atom stereocenters. The highest BCUT2D eigenvalue weighted by molar-refractivity contribution is 7.99. The summed E-state index contributed by atoms with van der Waals surface area (Å²) in [7, 11) is 1.78. The SMILES string of the molecule is COCC(NC1CCCCC1SC)c1ccccc1. The zero-order chi connectivity index (χ0) is 13.5. The van der Waals surface area contributed by atoms with Gasteiger partial charge in [0.25, 0.3) is 0 Å². The second-order valence-corrected chi connectivity index (χ2v) is 6.33. The van der Waals surface area contributed by atoms with Crippen LogP contribution in [0.3, 0.4) is 0 Å². The summed E-state index contributed by atoms with van der Waals surface area (Å²) in [6.07, 6.45) is 7.59. The molecule has 1 aliphatic rings. The molecule has 1 N–H and O–H groups in total. The lowest BCUT2D eigenvalue weighted by atomic mass is 9.93. The molecule has 0 bridgehead atoms. The van der Waals surface area contributed by atoms with Gasteiger partial charge in [-0.05, 0) is 24.7 Å². The second-order valence-electron chi connectivity index (χ2n) is 5.25. The van der Waals surface area contributed by atoms with Gasteiger partial charge in [0.2, 0.25) is 0 Å². The number of thioether (sulfide) groups is 1. The monoisotopic (exact) mass is 279 g/mol. The first-order valence-electron chi connectivity index (χ1n) is 7.18. The smallest absolute Gasteiger partial charge is 0.0657 e. The normalized spacial score (nSPS) is 25.2. The van der Waals surface area contributed by atoms with Gasteiger partial charge in [0, 0.05) is 18.4 Å². The zero-order valence-electron chi connectivity index (χ0n) is 12.0. The lowest BCUT2D eigenvalue weighted by Gasteiger charge is -2.34. The fourth-order valence-corrected chi connectivity index (χ4v) is 3.87. The van der Waals surface area contributed by atoms with Crippen molar-refractivity contribution < 1.29 is 4.74 Å². The molecule has 0 saturated heterocycles. The van der Waals surface area contributed by atoms with E-state index in [0.29, 0.717) is 12.1 Å². The van der Waals surface area contributed by atoms with E-state index in [-0.39, 0.29) is 0 Å². The van der Waals surface area contributed by atoms with Crippen molar-refractivity contribution in [2.45, 2.75) is 43.0 Å². The van der Waals surface area contributed by atoms with Crippen LogP contribution in [0.1, 0.15) is 37.3 Å². The lowest BCUT2D eigenvalue weighted by molar-refractivity contribution is 0.157. The first-order chi connectivity index (χ1) is 9.35. The van der Waals surface area contributed by atoms with Gasteiger partial charge in [0.05, 0.1) is 12.6 Å². The lowest BCUT2D eigenvalue weighted by Crippen LogP contribution is -2.43. The maximum absolute atomic E-state index is 5.40. The van der Waals surface area contributed by atoms with Gasteiger partial charge in [-0.2, -0.15) is 11.8 Å². The summed E-state index contributed by atoms with van der Waals surface area (Å²) in [5.74, 6) is 0. The van der Waals surface area contributed by atoms with Crippen LogP contribution in [0.25, 0.3) is 0 Å². The topological polar surface area (TPSA) is 21.3 Å². The summed E-state index contributed by atoms with van der Waals surface area (Å²) in [4.78, 5) is 0. The number of methoxy groups -OCH3 is 1. The van der Waals surface area contributed by atoms with Gasteiger partial charge in [-0.15, -0.1) is 0 Å². The summed E-state index contributed by atoms with van der Waals surface area (Å²) >= 11 is 2.01. The van der Waals surface area contributed by atoms with Crippen LogP contribution in [0.4, 0.5) is 0 Å². The maximum Gasteiger partial charge on any atom is 0.0657 e. The van der Waals surface area contributed by atoms with Gasteiger partial charge < -0.3 is 10.1 Å². The summed E-state index contributed by atoms with van der Waals surface area (Å²) < 4.78 is 5.40. The Hall–Kier alpha value is -0.510. The molecule has 106 valence electrons. The quantitative estimate of drug-likeness (QED) is 0.859. The Morgan fingerprint density at radius 2 is 2.00 bits per heavy atom. The van der Waals surface area contributed by atoms with E-state index in [1.54, 1.807) is 7.11 Å². The molecule has 1 fully saturated rings. The van der Waals surface area contributed by atoms with Crippen molar-refractivity contribution in [2.75, 3.05) is 20.0 Å². The van der Waals surface area contributed by atoms with Crippen molar-refractivity contribution >= 4 is 11.8 Å². The Labute approximate surface area is 121 Å². The van der Waals surface area contributed by atoms with Crippen LogP contribution in [-0.4, -0.2) is 31.3 Å². The molecule has 1 aromatic rings. The van der Waals surface area contributed by atoms with E-state index in [9.17, 15) is 0 Å². The Morgan fingerprint density at radius 3 is 2.68 bits per heavy atom. The number of benzene rings is 1. The minimum absolute atomic E-state index is 0.309. The minimum atomic E-state index is 0.309. The predicted octanol–water partition coefficient (Wildman–Crippen LogP) is 3.64. The zero-order valence-corrected chi connectivity index (χ0v) is 12.8. The maximum atomic E-state index is 5.40. The van der Waals surface area contributed by atoms with Gasteiger partial charge in [-0.3, -0.25) is 0 Å². The molecular formula is C16H25NOS. The summed E-state index contributed by atoms with van der Waals surface area (Å²) in [5, 5.41) is 4.58. The molecule has 3 unspecified atom stereocenters. The van der Waals surface area contributed by atoms with Gasteiger partial charge in [0.1, 0.15) is 0 Å². The molecule has 0 heterocycles. The van der Waals surface area contributed by atoms with Crippen LogP contribution in [0.5, 0.6) is 0 Å². The number of hydrogen-bond acceptors (Lipinski definition) is 3. The van der Waals surface area contributed by atoms with Gasteiger partial charge in [-0.25, -0.2) is 0 Å². The molecule has 19 heavy (non-hydrogen) atoms. The molecule has 1 aromatic carbocycles. The van der Waals surface area contributed by atoms with Crippen LogP contribution in [0.15, 0.2) is 30.3 Å². The molecule has 0 spiro atoms. The van der Waals surface area contributed by atoms with E-state index >= 15 is 0 Å². The molecule has 0 aliphatic heterocycles. The van der Waals surface area contributed by atoms with E-state index in [1.165, 1.54) is 31.2 Å². The first-order valence-corrected chi connectivity index (χ1v) is 8.46. The largest absolute Gasteiger partial charge is 0.383 e. The van der Waals surface area contributed by atoms with Crippen molar-refractivity contribution in [3.63, 3.8) is 0 Å². The third kappa shape index (κ3) is 4.23. The fraction of sp³-hybridized carbons (Fsp3) is 0.625. The number of rotatable bonds is 6. The average Bonchev–Trinajstić information content (AvgIpc) is 2.48. The van der Waals surface area contributed by atoms with Crippen LogP contribution in [0.2, 0.25) is 0 Å². The first kappa shape index (κ1) is 14.9. The van der Waals surface area contributed by atoms with E-state index < -0.39 is 0 Å². The predicted molar refractivity (Wildman–Crippen MR) is 83.8 cm³/mol. The highest BCUT2D eigenvalue weighted by Crippen LogP contribution is 2.29. The molecule has 0 amide bonds. The molecule has 2 nitrogen and oxygen atoms in total. The Bertz CT molecular complexity index is 357. The fourth-order valence-electron chi connectivity index (χ4n) is 2.92. The number of hydrogen-bond donors (Lipinski definition) is 1. The molecule has 1 aliphatic carbocycles. The van der Waals surface area contributed by atoms with Crippen molar-refractivity contribution in [2.24, 2.45) is 0 Å². The van der Waals surface area contributed by atoms with Crippen molar-refractivity contribution in [3.8, 4) is 0 Å². The van der Waals surface area contributed by atoms with Crippen molar-refractivity contribution in [1.82, 2.24) is 5.32 Å². The van der Waals surface area contributed by atoms with Crippen LogP contribution < -0.4 is 5.32 Å². The highest BCUT2D eigenvalue weighted by atomic mass is 32.2. The number of ether oxygens (including phenoxy) is 1. The standard InChI is InChI=1S/C16H25NOS/c1-18-12-15(13-8-4-3-5-9-13)17-14-10-6-7-11-16(14)19-2/h3-5,8-9,14-17H,6-7,10-12H2,1-2H3. The van der Waals surface area contributed by atoms with E-state index in [4.69, 9.17) is 4.74 Å². The van der Waals surface area contributed by atoms with E-state index in [1.807, 2.05) is 11.8 Å². The molecule has 0 radical (unpaired) electrons. The second kappa shape index (κ2) is 7.93. The van der Waals surface area contributed by atoms with Gasteiger partial charge in [0.15, 0.2) is 0 Å². The summed E-state index contributed by atoms with van der Waals surface area (Å²) in [6, 6.07) is 11.6. The van der Waals surface area contributed by atoms with Crippen molar-refractivity contribution in [1.29, 1.82) is 0 Å². The van der Waals surface area contributed by atoms with Gasteiger partial charge in [-0.1, -0.05) is 43.2 Å². The third-order valence-corrected chi connectivity index (χ3v) is 5.13. The Morgan fingerprint density at radius 1 is 1.26 bits per heavy atom.